The highest BCUT2D eigenvalue weighted by Crippen LogP contribution is 2.06. The number of nitrogens with zero attached hydrogens (tertiary/aromatic N) is 1. The quantitative estimate of drug-likeness (QED) is 0.694. The second-order valence-electron chi connectivity index (χ2n) is 4.56. The Bertz CT molecular complexity index is 310. The number of ether oxygens (including phenoxy) is 1. The van der Waals surface area contributed by atoms with Gasteiger partial charge in [0.25, 0.3) is 0 Å². The molecule has 0 aromatic carbocycles. The Morgan fingerprint density at radius 3 is 2.72 bits per heavy atom. The van der Waals surface area contributed by atoms with Crippen LogP contribution in [-0.2, 0) is 14.3 Å². The molecule has 104 valence electrons. The fourth-order valence-corrected chi connectivity index (χ4v) is 1.96. The van der Waals surface area contributed by atoms with Crippen LogP contribution in [0, 0.1) is 5.92 Å². The molecule has 2 rings (SSSR count). The van der Waals surface area contributed by atoms with Gasteiger partial charge in [0.05, 0.1) is 18.6 Å². The normalized spacial score (nSPS) is 23.8. The highest BCUT2D eigenvalue weighted by molar-refractivity contribution is 5.85. The first-order valence-electron chi connectivity index (χ1n) is 6.02. The zero-order valence-electron chi connectivity index (χ0n) is 10.5. The van der Waals surface area contributed by atoms with Crippen LogP contribution in [0.5, 0.6) is 0 Å². The first-order valence-corrected chi connectivity index (χ1v) is 6.02. The minimum Gasteiger partial charge on any atom is -0.373 e. The number of halogens is 1. The zero-order valence-corrected chi connectivity index (χ0v) is 11.3. The Morgan fingerprint density at radius 1 is 1.44 bits per heavy atom. The van der Waals surface area contributed by atoms with Gasteiger partial charge in [-0.05, 0) is 0 Å². The first kappa shape index (κ1) is 15.2. The lowest BCUT2D eigenvalue weighted by atomic mass is 10.0. The molecule has 2 aliphatic heterocycles. The third kappa shape index (κ3) is 3.83. The van der Waals surface area contributed by atoms with E-state index < -0.39 is 0 Å². The molecule has 18 heavy (non-hydrogen) atoms. The van der Waals surface area contributed by atoms with E-state index in [1.165, 1.54) is 0 Å². The van der Waals surface area contributed by atoms with Gasteiger partial charge in [-0.15, -0.1) is 12.4 Å². The van der Waals surface area contributed by atoms with Gasteiger partial charge in [-0.2, -0.15) is 0 Å². The lowest BCUT2D eigenvalue weighted by molar-refractivity contribution is -0.136. The predicted octanol–water partition coefficient (Wildman–Crippen LogP) is -1.01. The molecule has 2 saturated heterocycles. The molecule has 2 N–H and O–H groups in total. The van der Waals surface area contributed by atoms with Crippen LogP contribution in [0.15, 0.2) is 0 Å². The van der Waals surface area contributed by atoms with Crippen LogP contribution >= 0.6 is 12.4 Å². The Labute approximate surface area is 113 Å². The van der Waals surface area contributed by atoms with E-state index >= 15 is 0 Å². The van der Waals surface area contributed by atoms with E-state index in [9.17, 15) is 9.59 Å². The summed E-state index contributed by atoms with van der Waals surface area (Å²) < 4.78 is 5.52. The Morgan fingerprint density at radius 2 is 2.17 bits per heavy atom. The second kappa shape index (κ2) is 6.92. The standard InChI is InChI=1S/C11H19N3O3.ClH/c1-8(15)14-2-3-17-10(7-14)6-13-11(16)9-4-12-5-9;/h9-10,12H,2-7H2,1H3,(H,13,16);1H. The molecule has 2 aliphatic rings. The van der Waals surface area contributed by atoms with Crippen molar-refractivity contribution in [3.8, 4) is 0 Å². The van der Waals surface area contributed by atoms with Crippen molar-refractivity contribution in [1.82, 2.24) is 15.5 Å². The van der Waals surface area contributed by atoms with Gasteiger partial charge in [-0.1, -0.05) is 0 Å². The Balaban J connectivity index is 0.00000162. The van der Waals surface area contributed by atoms with E-state index in [0.29, 0.717) is 26.2 Å². The maximum atomic E-state index is 11.6. The number of nitrogens with one attached hydrogen (secondary N) is 2. The van der Waals surface area contributed by atoms with Gasteiger partial charge in [-0.25, -0.2) is 0 Å². The van der Waals surface area contributed by atoms with Gasteiger partial charge in [0.1, 0.15) is 0 Å². The maximum Gasteiger partial charge on any atom is 0.225 e. The molecule has 0 bridgehead atoms. The number of carbonyl (C=O) groups excluding carboxylic acids is 2. The van der Waals surface area contributed by atoms with E-state index in [-0.39, 0.29) is 36.2 Å². The molecule has 0 spiro atoms. The fraction of sp³-hybridized carbons (Fsp3) is 0.818. The Kier molecular flexibility index (Phi) is 5.84. The molecular weight excluding hydrogens is 258 g/mol. The molecule has 0 aliphatic carbocycles. The van der Waals surface area contributed by atoms with E-state index in [1.807, 2.05) is 0 Å². The lowest BCUT2D eigenvalue weighted by Gasteiger charge is -2.33. The summed E-state index contributed by atoms with van der Waals surface area (Å²) >= 11 is 0. The van der Waals surface area contributed by atoms with Crippen LogP contribution in [0.4, 0.5) is 0 Å². The summed E-state index contributed by atoms with van der Waals surface area (Å²) in [6.45, 7) is 5.32. The molecule has 1 unspecified atom stereocenters. The maximum absolute atomic E-state index is 11.6. The second-order valence-corrected chi connectivity index (χ2v) is 4.56. The van der Waals surface area contributed by atoms with Crippen molar-refractivity contribution < 1.29 is 14.3 Å². The monoisotopic (exact) mass is 277 g/mol. The number of hydrogen-bond acceptors (Lipinski definition) is 4. The van der Waals surface area contributed by atoms with Gasteiger partial charge < -0.3 is 20.3 Å². The summed E-state index contributed by atoms with van der Waals surface area (Å²) in [6.07, 6.45) is -0.0790. The topological polar surface area (TPSA) is 70.7 Å². The van der Waals surface area contributed by atoms with Crippen LogP contribution in [0.3, 0.4) is 0 Å². The van der Waals surface area contributed by atoms with Gasteiger partial charge in [-0.3, -0.25) is 9.59 Å². The molecule has 1 atom stereocenters. The van der Waals surface area contributed by atoms with Crippen molar-refractivity contribution in [2.75, 3.05) is 39.3 Å². The summed E-state index contributed by atoms with van der Waals surface area (Å²) in [4.78, 5) is 24.6. The van der Waals surface area contributed by atoms with Crippen LogP contribution in [0.25, 0.3) is 0 Å². The van der Waals surface area contributed by atoms with E-state index in [2.05, 4.69) is 10.6 Å². The number of morpholine rings is 1. The van der Waals surface area contributed by atoms with E-state index in [4.69, 9.17) is 4.74 Å². The lowest BCUT2D eigenvalue weighted by Crippen LogP contribution is -2.54. The molecule has 2 heterocycles. The van der Waals surface area contributed by atoms with Gasteiger partial charge in [0.15, 0.2) is 0 Å². The van der Waals surface area contributed by atoms with Crippen molar-refractivity contribution >= 4 is 24.2 Å². The molecule has 7 heteroatoms. The van der Waals surface area contributed by atoms with E-state index in [1.54, 1.807) is 11.8 Å². The summed E-state index contributed by atoms with van der Waals surface area (Å²) in [7, 11) is 0. The molecule has 6 nitrogen and oxygen atoms in total. The molecule has 0 aromatic rings. The molecule has 0 radical (unpaired) electrons. The smallest absolute Gasteiger partial charge is 0.225 e. The van der Waals surface area contributed by atoms with E-state index in [0.717, 1.165) is 13.1 Å². The average Bonchev–Trinajstić information content (AvgIpc) is 2.24. The fourth-order valence-electron chi connectivity index (χ4n) is 1.96. The van der Waals surface area contributed by atoms with Crippen LogP contribution in [0.2, 0.25) is 0 Å². The highest BCUT2D eigenvalue weighted by atomic mass is 35.5. The number of amides is 2. The predicted molar refractivity (Wildman–Crippen MR) is 68.6 cm³/mol. The summed E-state index contributed by atoms with van der Waals surface area (Å²) in [5.74, 6) is 0.239. The van der Waals surface area contributed by atoms with Crippen molar-refractivity contribution in [2.45, 2.75) is 13.0 Å². The molecule has 0 aromatic heterocycles. The minimum atomic E-state index is -0.0790. The summed E-state index contributed by atoms with van der Waals surface area (Å²) in [5, 5.41) is 5.93. The first-order chi connectivity index (χ1) is 8.16. The van der Waals surface area contributed by atoms with Gasteiger partial charge in [0, 0.05) is 39.6 Å². The molecular formula is C11H20ClN3O3. The SMILES string of the molecule is CC(=O)N1CCOC(CNC(=O)C2CNC2)C1.Cl. The van der Waals surface area contributed by atoms with Crippen LogP contribution in [-0.4, -0.2) is 62.1 Å². The molecule has 2 amide bonds. The van der Waals surface area contributed by atoms with Crippen LogP contribution < -0.4 is 10.6 Å². The van der Waals surface area contributed by atoms with Crippen molar-refractivity contribution in [3.63, 3.8) is 0 Å². The molecule has 2 fully saturated rings. The highest BCUT2D eigenvalue weighted by Gasteiger charge is 2.27. The number of hydrogen-bond donors (Lipinski definition) is 2. The zero-order chi connectivity index (χ0) is 12.3. The average molecular weight is 278 g/mol. The van der Waals surface area contributed by atoms with Gasteiger partial charge >= 0.3 is 0 Å². The third-order valence-electron chi connectivity index (χ3n) is 3.24. The van der Waals surface area contributed by atoms with Crippen molar-refractivity contribution in [1.29, 1.82) is 0 Å². The largest absolute Gasteiger partial charge is 0.373 e. The van der Waals surface area contributed by atoms with Gasteiger partial charge in [0.2, 0.25) is 11.8 Å². The third-order valence-corrected chi connectivity index (χ3v) is 3.24. The summed E-state index contributed by atoms with van der Waals surface area (Å²) in [6, 6.07) is 0. The van der Waals surface area contributed by atoms with Crippen molar-refractivity contribution in [2.24, 2.45) is 5.92 Å². The number of rotatable bonds is 3. The molecule has 0 saturated carbocycles. The number of carbonyl (C=O) groups is 2. The van der Waals surface area contributed by atoms with Crippen LogP contribution in [0.1, 0.15) is 6.92 Å². The summed E-state index contributed by atoms with van der Waals surface area (Å²) in [5.41, 5.74) is 0. The minimum absolute atomic E-state index is 0. The Hall–Kier alpha value is -0.850. The van der Waals surface area contributed by atoms with Crippen molar-refractivity contribution in [3.05, 3.63) is 0 Å².